The molecule has 0 aliphatic heterocycles. The molecular formula is C13H11Cl2N3O2. The molecule has 0 unspecified atom stereocenters. The van der Waals surface area contributed by atoms with Gasteiger partial charge in [0, 0.05) is 16.8 Å². The van der Waals surface area contributed by atoms with E-state index in [4.69, 9.17) is 39.4 Å². The van der Waals surface area contributed by atoms with Crippen LogP contribution < -0.4 is 16.2 Å². The van der Waals surface area contributed by atoms with Gasteiger partial charge in [0.15, 0.2) is 5.75 Å². The maximum atomic E-state index is 10.9. The monoisotopic (exact) mass is 311 g/mol. The first kappa shape index (κ1) is 14.4. The number of nitrogen functional groups attached to an aromatic ring is 1. The summed E-state index contributed by atoms with van der Waals surface area (Å²) in [5.74, 6) is -0.225. The molecule has 0 saturated heterocycles. The summed E-state index contributed by atoms with van der Waals surface area (Å²) in [7, 11) is 0. The van der Waals surface area contributed by atoms with Gasteiger partial charge in [0.2, 0.25) is 0 Å². The third-order valence-corrected chi connectivity index (χ3v) is 3.00. The zero-order valence-corrected chi connectivity index (χ0v) is 11.8. The lowest BCUT2D eigenvalue weighted by Crippen LogP contribution is -2.13. The molecule has 0 fully saturated rings. The molecule has 104 valence electrons. The quantitative estimate of drug-likeness (QED) is 0.849. The molecule has 0 aliphatic carbocycles. The van der Waals surface area contributed by atoms with Gasteiger partial charge in [-0.15, -0.1) is 0 Å². The highest BCUT2D eigenvalue weighted by Crippen LogP contribution is 2.34. The Morgan fingerprint density at radius 3 is 2.60 bits per heavy atom. The lowest BCUT2D eigenvalue weighted by molar-refractivity contribution is 0.0995. The number of carbonyl (C=O) groups is 1. The van der Waals surface area contributed by atoms with Crippen LogP contribution in [0.25, 0.3) is 0 Å². The Morgan fingerprint density at radius 2 is 2.05 bits per heavy atom. The van der Waals surface area contributed by atoms with Crippen molar-refractivity contribution in [2.24, 2.45) is 5.73 Å². The van der Waals surface area contributed by atoms with Crippen molar-refractivity contribution in [2.75, 3.05) is 5.73 Å². The van der Waals surface area contributed by atoms with Gasteiger partial charge >= 0.3 is 0 Å². The summed E-state index contributed by atoms with van der Waals surface area (Å²) in [6.07, 6.45) is 1.50. The van der Waals surface area contributed by atoms with E-state index in [2.05, 4.69) is 4.98 Å². The number of benzene rings is 1. The van der Waals surface area contributed by atoms with Crippen LogP contribution >= 0.6 is 23.2 Å². The molecule has 7 heteroatoms. The zero-order valence-electron chi connectivity index (χ0n) is 10.3. The summed E-state index contributed by atoms with van der Waals surface area (Å²) in [5.41, 5.74) is 12.2. The molecule has 0 saturated carbocycles. The lowest BCUT2D eigenvalue weighted by atomic mass is 10.2. The van der Waals surface area contributed by atoms with Crippen LogP contribution in [0.1, 0.15) is 16.1 Å². The van der Waals surface area contributed by atoms with Crippen molar-refractivity contribution in [3.05, 3.63) is 51.8 Å². The second-order valence-electron chi connectivity index (χ2n) is 4.01. The van der Waals surface area contributed by atoms with Gasteiger partial charge in [-0.1, -0.05) is 29.3 Å². The van der Waals surface area contributed by atoms with Gasteiger partial charge in [0.25, 0.3) is 5.91 Å². The number of aromatic nitrogens is 1. The first-order valence-electron chi connectivity index (χ1n) is 5.59. The van der Waals surface area contributed by atoms with E-state index in [0.717, 1.165) is 5.56 Å². The fourth-order valence-electron chi connectivity index (χ4n) is 1.54. The number of hydrogen-bond acceptors (Lipinski definition) is 4. The molecule has 2 aromatic rings. The Hall–Kier alpha value is -1.98. The highest BCUT2D eigenvalue weighted by Gasteiger charge is 2.09. The Labute approximate surface area is 125 Å². The Kier molecular flexibility index (Phi) is 4.32. The van der Waals surface area contributed by atoms with Crippen LogP contribution in [0.5, 0.6) is 5.75 Å². The number of nitrogens with two attached hydrogens (primary N) is 2. The van der Waals surface area contributed by atoms with Crippen LogP contribution in [-0.2, 0) is 6.61 Å². The second kappa shape index (κ2) is 5.98. The number of rotatable bonds is 4. The largest absolute Gasteiger partial charge is 0.485 e. The van der Waals surface area contributed by atoms with Crippen LogP contribution in [0.15, 0.2) is 30.5 Å². The van der Waals surface area contributed by atoms with Crippen molar-refractivity contribution >= 4 is 34.8 Å². The molecule has 1 amide bonds. The van der Waals surface area contributed by atoms with E-state index in [1.165, 1.54) is 12.3 Å². The molecule has 0 radical (unpaired) electrons. The second-order valence-corrected chi connectivity index (χ2v) is 4.85. The average molecular weight is 312 g/mol. The molecular weight excluding hydrogens is 301 g/mol. The van der Waals surface area contributed by atoms with E-state index >= 15 is 0 Å². The fraction of sp³-hybridized carbons (Fsp3) is 0.0769. The van der Waals surface area contributed by atoms with Crippen LogP contribution in [-0.4, -0.2) is 10.9 Å². The summed E-state index contributed by atoms with van der Waals surface area (Å²) in [5, 5.41) is 0.768. The van der Waals surface area contributed by atoms with Crippen molar-refractivity contribution in [2.45, 2.75) is 6.61 Å². The number of carbonyl (C=O) groups excluding carboxylic acids is 1. The van der Waals surface area contributed by atoms with Crippen molar-refractivity contribution < 1.29 is 9.53 Å². The zero-order chi connectivity index (χ0) is 14.7. The lowest BCUT2D eigenvalue weighted by Gasteiger charge is -2.11. The first-order valence-corrected chi connectivity index (χ1v) is 6.35. The molecule has 0 spiro atoms. The average Bonchev–Trinajstić information content (AvgIpc) is 2.38. The molecule has 2 rings (SSSR count). The third kappa shape index (κ3) is 3.31. The molecule has 20 heavy (non-hydrogen) atoms. The predicted molar refractivity (Wildman–Crippen MR) is 78.0 cm³/mol. The minimum Gasteiger partial charge on any atom is -0.485 e. The highest BCUT2D eigenvalue weighted by atomic mass is 35.5. The summed E-state index contributed by atoms with van der Waals surface area (Å²) in [4.78, 5) is 14.8. The number of pyridine rings is 1. The van der Waals surface area contributed by atoms with E-state index < -0.39 is 5.91 Å². The van der Waals surface area contributed by atoms with Crippen LogP contribution in [0.3, 0.4) is 0 Å². The number of nitrogens with zero attached hydrogens (tertiary/aromatic N) is 1. The number of ether oxygens (including phenoxy) is 1. The minimum atomic E-state index is -0.581. The Balaban J connectivity index is 2.11. The highest BCUT2D eigenvalue weighted by molar-refractivity contribution is 6.36. The number of primary amides is 1. The normalized spacial score (nSPS) is 10.3. The maximum absolute atomic E-state index is 10.9. The predicted octanol–water partition coefficient (Wildman–Crippen LogP) is 2.65. The molecule has 0 atom stereocenters. The minimum absolute atomic E-state index is 0.192. The number of hydrogen-bond donors (Lipinski definition) is 2. The summed E-state index contributed by atoms with van der Waals surface area (Å²) >= 11 is 11.8. The van der Waals surface area contributed by atoms with Crippen LogP contribution in [0.2, 0.25) is 10.0 Å². The Morgan fingerprint density at radius 1 is 1.30 bits per heavy atom. The van der Waals surface area contributed by atoms with E-state index in [-0.39, 0.29) is 12.3 Å². The maximum Gasteiger partial charge on any atom is 0.267 e. The van der Waals surface area contributed by atoms with Crippen molar-refractivity contribution in [1.29, 1.82) is 0 Å². The van der Waals surface area contributed by atoms with E-state index in [0.29, 0.717) is 21.5 Å². The third-order valence-electron chi connectivity index (χ3n) is 2.50. The molecule has 1 aromatic heterocycles. The molecule has 1 aromatic carbocycles. The SMILES string of the molecule is NC(=O)c1ccc(COc2c(N)cc(Cl)cc2Cl)cn1. The van der Waals surface area contributed by atoms with Gasteiger partial charge in [-0.05, 0) is 18.2 Å². The van der Waals surface area contributed by atoms with Gasteiger partial charge in [-0.2, -0.15) is 0 Å². The molecule has 1 heterocycles. The standard InChI is InChI=1S/C13H11Cl2N3O2/c14-8-3-9(15)12(10(16)4-8)20-6-7-1-2-11(13(17)19)18-5-7/h1-5H,6,16H2,(H2,17,19). The van der Waals surface area contributed by atoms with Crippen molar-refractivity contribution in [3.8, 4) is 5.75 Å². The summed E-state index contributed by atoms with van der Waals surface area (Å²) in [6, 6.07) is 6.31. The van der Waals surface area contributed by atoms with Crippen molar-refractivity contribution in [1.82, 2.24) is 4.98 Å². The topological polar surface area (TPSA) is 91.2 Å². The van der Waals surface area contributed by atoms with Crippen LogP contribution in [0.4, 0.5) is 5.69 Å². The van der Waals surface area contributed by atoms with Gasteiger partial charge in [0.05, 0.1) is 10.7 Å². The van der Waals surface area contributed by atoms with Gasteiger partial charge in [0.1, 0.15) is 12.3 Å². The number of anilines is 1. The van der Waals surface area contributed by atoms with Gasteiger partial charge in [-0.25, -0.2) is 0 Å². The van der Waals surface area contributed by atoms with E-state index in [1.807, 2.05) is 0 Å². The van der Waals surface area contributed by atoms with Gasteiger partial charge in [-0.3, -0.25) is 9.78 Å². The van der Waals surface area contributed by atoms with E-state index in [9.17, 15) is 4.79 Å². The smallest absolute Gasteiger partial charge is 0.267 e. The molecule has 5 nitrogen and oxygen atoms in total. The summed E-state index contributed by atoms with van der Waals surface area (Å²) < 4.78 is 5.54. The first-order chi connectivity index (χ1) is 9.47. The molecule has 0 bridgehead atoms. The number of amides is 1. The molecule has 4 N–H and O–H groups in total. The summed E-state index contributed by atoms with van der Waals surface area (Å²) in [6.45, 7) is 0.206. The number of halogens is 2. The van der Waals surface area contributed by atoms with Crippen LogP contribution in [0, 0.1) is 0 Å². The van der Waals surface area contributed by atoms with Gasteiger partial charge < -0.3 is 16.2 Å². The fourth-order valence-corrected chi connectivity index (χ4v) is 2.11. The van der Waals surface area contributed by atoms with Crippen molar-refractivity contribution in [3.63, 3.8) is 0 Å². The Bertz CT molecular complexity index is 622. The molecule has 0 aliphatic rings. The van der Waals surface area contributed by atoms with E-state index in [1.54, 1.807) is 18.2 Å².